The summed E-state index contributed by atoms with van der Waals surface area (Å²) in [5.41, 5.74) is 0.999. The molecule has 2 rings (SSSR count). The van der Waals surface area contributed by atoms with Crippen LogP contribution in [-0.4, -0.2) is 32.1 Å². The molecule has 0 atom stereocenters. The first-order valence-corrected chi connectivity index (χ1v) is 3.42. The Morgan fingerprint density at radius 3 is 3.00 bits per heavy atom. The number of fused-ring (bicyclic) bond motifs is 1. The number of aromatic amines is 1. The molecule has 0 aromatic carbocycles. The van der Waals surface area contributed by atoms with Gasteiger partial charge in [0.1, 0.15) is 6.33 Å². The van der Waals surface area contributed by atoms with Crippen molar-refractivity contribution in [2.75, 3.05) is 0 Å². The minimum Gasteiger partial charge on any atom is -0.422 e. The maximum atomic E-state index is 8.88. The molecule has 2 aromatic heterocycles. The quantitative estimate of drug-likeness (QED) is 0.453. The predicted octanol–water partition coefficient (Wildman–Crippen LogP) is -1.36. The highest BCUT2D eigenvalue weighted by Gasteiger charge is 2.16. The van der Waals surface area contributed by atoms with Crippen LogP contribution >= 0.6 is 0 Å². The molecule has 0 radical (unpaired) electrons. The van der Waals surface area contributed by atoms with E-state index in [9.17, 15) is 0 Å². The highest BCUT2D eigenvalue weighted by molar-refractivity contribution is 6.60. The first-order chi connectivity index (χ1) is 5.79. The molecular formula is C6H6BN3O2. The lowest BCUT2D eigenvalue weighted by molar-refractivity contribution is 0.425. The van der Waals surface area contributed by atoms with E-state index in [1.54, 1.807) is 6.20 Å². The number of nitrogens with zero attached hydrogens (tertiary/aromatic N) is 2. The molecule has 5 nitrogen and oxygen atoms in total. The summed E-state index contributed by atoms with van der Waals surface area (Å²) in [6.07, 6.45) is 4.54. The summed E-state index contributed by atoms with van der Waals surface area (Å²) in [6.45, 7) is 0. The van der Waals surface area contributed by atoms with Crippen molar-refractivity contribution in [1.82, 2.24) is 15.0 Å². The van der Waals surface area contributed by atoms with Gasteiger partial charge in [-0.2, -0.15) is 0 Å². The van der Waals surface area contributed by atoms with Crippen molar-refractivity contribution < 1.29 is 10.0 Å². The van der Waals surface area contributed by atoms with Gasteiger partial charge in [0.2, 0.25) is 0 Å². The van der Waals surface area contributed by atoms with Crippen LogP contribution in [-0.2, 0) is 0 Å². The third-order valence-corrected chi connectivity index (χ3v) is 1.66. The summed E-state index contributed by atoms with van der Waals surface area (Å²) in [6, 6.07) is 0. The molecule has 12 heavy (non-hydrogen) atoms. The Balaban J connectivity index is 2.70. The summed E-state index contributed by atoms with van der Waals surface area (Å²) >= 11 is 0. The number of rotatable bonds is 1. The summed E-state index contributed by atoms with van der Waals surface area (Å²) in [4.78, 5) is 10.4. The van der Waals surface area contributed by atoms with Crippen molar-refractivity contribution in [3.63, 3.8) is 0 Å². The SMILES string of the molecule is OB(O)c1[nH]cc2ncncc12. The maximum Gasteiger partial charge on any atom is 0.506 e. The van der Waals surface area contributed by atoms with Crippen molar-refractivity contribution >= 4 is 23.6 Å². The van der Waals surface area contributed by atoms with Crippen molar-refractivity contribution in [2.45, 2.75) is 0 Å². The lowest BCUT2D eigenvalue weighted by Gasteiger charge is -1.93. The van der Waals surface area contributed by atoms with E-state index in [0.29, 0.717) is 16.5 Å². The number of H-pyrrole nitrogens is 1. The van der Waals surface area contributed by atoms with E-state index in [4.69, 9.17) is 10.0 Å². The Labute approximate surface area is 68.2 Å². The molecule has 0 amide bonds. The minimum absolute atomic E-state index is 0.325. The molecule has 0 spiro atoms. The standard InChI is InChI=1S/C6H6BN3O2/c11-7(12)6-4-1-8-3-10-5(4)2-9-6/h1-3,9,11-12H. The fraction of sp³-hybridized carbons (Fsp3) is 0. The molecule has 2 aromatic rings. The van der Waals surface area contributed by atoms with Gasteiger partial charge in [-0.1, -0.05) is 0 Å². The molecule has 0 aliphatic heterocycles. The molecule has 0 saturated carbocycles. The van der Waals surface area contributed by atoms with Crippen LogP contribution in [0.25, 0.3) is 10.9 Å². The highest BCUT2D eigenvalue weighted by atomic mass is 16.4. The molecule has 0 unspecified atom stereocenters. The van der Waals surface area contributed by atoms with Gasteiger partial charge in [-0.3, -0.25) is 0 Å². The van der Waals surface area contributed by atoms with E-state index in [-0.39, 0.29) is 0 Å². The smallest absolute Gasteiger partial charge is 0.422 e. The zero-order valence-corrected chi connectivity index (χ0v) is 6.10. The third-order valence-electron chi connectivity index (χ3n) is 1.66. The van der Waals surface area contributed by atoms with Gasteiger partial charge in [-0.15, -0.1) is 0 Å². The van der Waals surface area contributed by atoms with E-state index < -0.39 is 7.12 Å². The zero-order valence-electron chi connectivity index (χ0n) is 6.10. The average molecular weight is 163 g/mol. The van der Waals surface area contributed by atoms with Crippen molar-refractivity contribution in [3.8, 4) is 0 Å². The predicted molar refractivity (Wildman–Crippen MR) is 43.7 cm³/mol. The second-order valence-corrected chi connectivity index (χ2v) is 2.40. The Kier molecular flexibility index (Phi) is 1.56. The fourth-order valence-corrected chi connectivity index (χ4v) is 1.10. The van der Waals surface area contributed by atoms with Crippen LogP contribution in [0.4, 0.5) is 0 Å². The molecule has 2 heterocycles. The minimum atomic E-state index is -1.51. The first kappa shape index (κ1) is 7.26. The van der Waals surface area contributed by atoms with Gasteiger partial charge in [0, 0.05) is 17.8 Å². The first-order valence-electron chi connectivity index (χ1n) is 3.42. The van der Waals surface area contributed by atoms with E-state index in [2.05, 4.69) is 15.0 Å². The van der Waals surface area contributed by atoms with Crippen LogP contribution in [0.15, 0.2) is 18.7 Å². The van der Waals surface area contributed by atoms with Crippen molar-refractivity contribution in [2.24, 2.45) is 0 Å². The Bertz CT molecular complexity index is 400. The van der Waals surface area contributed by atoms with Gasteiger partial charge in [0.05, 0.1) is 11.1 Å². The van der Waals surface area contributed by atoms with Gasteiger partial charge < -0.3 is 15.0 Å². The molecule has 3 N–H and O–H groups in total. The average Bonchev–Trinajstić information content (AvgIpc) is 2.47. The topological polar surface area (TPSA) is 82.0 Å². The van der Waals surface area contributed by atoms with Crippen molar-refractivity contribution in [3.05, 3.63) is 18.7 Å². The van der Waals surface area contributed by atoms with E-state index in [1.165, 1.54) is 12.5 Å². The van der Waals surface area contributed by atoms with Crippen LogP contribution < -0.4 is 5.59 Å². The van der Waals surface area contributed by atoms with E-state index >= 15 is 0 Å². The van der Waals surface area contributed by atoms with Crippen LogP contribution in [0.3, 0.4) is 0 Å². The number of hydrogen-bond acceptors (Lipinski definition) is 4. The van der Waals surface area contributed by atoms with Gasteiger partial charge in [-0.25, -0.2) is 9.97 Å². The van der Waals surface area contributed by atoms with Crippen LogP contribution in [0.1, 0.15) is 0 Å². The normalized spacial score (nSPS) is 10.5. The molecule has 0 aliphatic carbocycles. The molecular weight excluding hydrogens is 157 g/mol. The number of nitrogens with one attached hydrogen (secondary N) is 1. The highest BCUT2D eigenvalue weighted by Crippen LogP contribution is 2.04. The molecule has 6 heteroatoms. The second-order valence-electron chi connectivity index (χ2n) is 2.40. The van der Waals surface area contributed by atoms with E-state index in [0.717, 1.165) is 0 Å². The van der Waals surface area contributed by atoms with Crippen LogP contribution in [0.2, 0.25) is 0 Å². The summed E-state index contributed by atoms with van der Waals surface area (Å²) in [7, 11) is -1.51. The maximum absolute atomic E-state index is 8.88. The van der Waals surface area contributed by atoms with Gasteiger partial charge in [0.25, 0.3) is 0 Å². The summed E-state index contributed by atoms with van der Waals surface area (Å²) in [5, 5.41) is 18.4. The Morgan fingerprint density at radius 2 is 2.25 bits per heavy atom. The third kappa shape index (κ3) is 0.974. The lowest BCUT2D eigenvalue weighted by Crippen LogP contribution is -2.31. The molecule has 0 aliphatic rings. The van der Waals surface area contributed by atoms with Gasteiger partial charge in [0.15, 0.2) is 0 Å². The Morgan fingerprint density at radius 1 is 1.42 bits per heavy atom. The van der Waals surface area contributed by atoms with E-state index in [1.807, 2.05) is 0 Å². The van der Waals surface area contributed by atoms with Crippen LogP contribution in [0.5, 0.6) is 0 Å². The zero-order chi connectivity index (χ0) is 8.55. The largest absolute Gasteiger partial charge is 0.506 e. The number of aromatic nitrogens is 3. The lowest BCUT2D eigenvalue weighted by atomic mass is 9.85. The monoisotopic (exact) mass is 163 g/mol. The second kappa shape index (κ2) is 2.58. The molecule has 0 saturated heterocycles. The van der Waals surface area contributed by atoms with Crippen LogP contribution in [0, 0.1) is 0 Å². The molecule has 0 bridgehead atoms. The fourth-order valence-electron chi connectivity index (χ4n) is 1.10. The molecule has 0 fully saturated rings. The summed E-state index contributed by atoms with van der Waals surface area (Å²) in [5.74, 6) is 0. The van der Waals surface area contributed by atoms with Gasteiger partial charge >= 0.3 is 7.12 Å². The number of hydrogen-bond donors (Lipinski definition) is 3. The van der Waals surface area contributed by atoms with Crippen molar-refractivity contribution in [1.29, 1.82) is 0 Å². The van der Waals surface area contributed by atoms with Gasteiger partial charge in [-0.05, 0) is 0 Å². The Hall–Kier alpha value is -1.40. The summed E-state index contributed by atoms with van der Waals surface area (Å²) < 4.78 is 0. The molecule has 60 valence electrons.